The molecular formula is C25H24FN3O5S. The molecule has 3 heterocycles. The SMILES string of the molecule is CC(Oc1ccc(C(=O)C2CC2)nc1)c1cc(-c2ccc(C=O)c(F)c2)ns1.N[C@@H]1CCOC1=O. The number of nitrogens with two attached hydrogens (primary N) is 1. The fourth-order valence-electron chi connectivity index (χ4n) is 3.32. The van der Waals surface area contributed by atoms with Crippen LogP contribution in [0.1, 0.15) is 58.0 Å². The van der Waals surface area contributed by atoms with Gasteiger partial charge in [-0.15, -0.1) is 0 Å². The zero-order valence-electron chi connectivity index (χ0n) is 19.0. The summed E-state index contributed by atoms with van der Waals surface area (Å²) in [6, 6.07) is 9.33. The van der Waals surface area contributed by atoms with Gasteiger partial charge in [-0.25, -0.2) is 9.37 Å². The molecule has 8 nitrogen and oxygen atoms in total. The number of esters is 1. The van der Waals surface area contributed by atoms with Crippen LogP contribution in [-0.4, -0.2) is 40.0 Å². The van der Waals surface area contributed by atoms with E-state index in [1.165, 1.54) is 23.7 Å². The van der Waals surface area contributed by atoms with Crippen LogP contribution in [0.5, 0.6) is 5.75 Å². The first-order valence-electron chi connectivity index (χ1n) is 11.2. The number of nitrogens with zero attached hydrogens (tertiary/aromatic N) is 2. The van der Waals surface area contributed by atoms with Crippen molar-refractivity contribution < 1.29 is 28.2 Å². The Hall–Kier alpha value is -3.50. The summed E-state index contributed by atoms with van der Waals surface area (Å²) in [5.41, 5.74) is 6.92. The predicted octanol–water partition coefficient (Wildman–Crippen LogP) is 4.15. The third-order valence-corrected chi connectivity index (χ3v) is 6.53. The topological polar surface area (TPSA) is 121 Å². The summed E-state index contributed by atoms with van der Waals surface area (Å²) in [6.45, 7) is 2.39. The van der Waals surface area contributed by atoms with Crippen molar-refractivity contribution in [3.8, 4) is 17.0 Å². The average Bonchev–Trinajstić information content (AvgIpc) is 3.47. The van der Waals surface area contributed by atoms with E-state index in [4.69, 9.17) is 10.5 Å². The molecule has 2 aliphatic rings. The van der Waals surface area contributed by atoms with E-state index in [2.05, 4.69) is 14.1 Å². The van der Waals surface area contributed by atoms with Crippen molar-refractivity contribution in [3.05, 3.63) is 64.5 Å². The third kappa shape index (κ3) is 6.14. The Kier molecular flexibility index (Phi) is 7.62. The fraction of sp³-hybridized carbons (Fsp3) is 0.320. The molecular weight excluding hydrogens is 473 g/mol. The number of Topliss-reactive ketones (excluding diaryl/α,β-unsaturated/α-hetero) is 1. The van der Waals surface area contributed by atoms with Crippen LogP contribution in [0.3, 0.4) is 0 Å². The molecule has 35 heavy (non-hydrogen) atoms. The van der Waals surface area contributed by atoms with Crippen LogP contribution in [0.25, 0.3) is 11.3 Å². The number of rotatable bonds is 7. The standard InChI is InChI=1S/C21H17FN2O3S.C4H7NO2/c1-12(27-16-6-7-18(23-10-16)21(26)13-2-3-13)20-9-19(24-28-20)14-4-5-15(11-25)17(22)8-14;5-3-1-2-7-4(3)6/h4-13H,2-3H2,1H3;3H,1-2,5H2/t;3-/m.1/s1. The Bertz CT molecular complexity index is 1230. The molecule has 0 radical (unpaired) electrons. The number of carbonyl (C=O) groups excluding carboxylic acids is 3. The van der Waals surface area contributed by atoms with E-state index in [1.807, 2.05) is 13.0 Å². The molecule has 1 aliphatic heterocycles. The lowest BCUT2D eigenvalue weighted by atomic mass is 10.1. The van der Waals surface area contributed by atoms with E-state index in [1.54, 1.807) is 24.4 Å². The Balaban J connectivity index is 0.000000356. The van der Waals surface area contributed by atoms with Crippen LogP contribution >= 0.6 is 11.5 Å². The van der Waals surface area contributed by atoms with Crippen LogP contribution in [0.15, 0.2) is 42.6 Å². The van der Waals surface area contributed by atoms with Gasteiger partial charge in [0, 0.05) is 17.9 Å². The molecule has 2 atom stereocenters. The van der Waals surface area contributed by atoms with E-state index >= 15 is 0 Å². The lowest BCUT2D eigenvalue weighted by Gasteiger charge is -2.12. The number of carbonyl (C=O) groups is 3. The zero-order chi connectivity index (χ0) is 24.9. The van der Waals surface area contributed by atoms with Crippen molar-refractivity contribution in [1.82, 2.24) is 9.36 Å². The zero-order valence-corrected chi connectivity index (χ0v) is 19.8. The highest BCUT2D eigenvalue weighted by Gasteiger charge is 2.31. The number of aromatic nitrogens is 2. The fourth-order valence-corrected chi connectivity index (χ4v) is 4.05. The Labute approximate surface area is 205 Å². The number of aldehydes is 1. The summed E-state index contributed by atoms with van der Waals surface area (Å²) in [6.07, 6.45) is 4.34. The van der Waals surface area contributed by atoms with Crippen LogP contribution < -0.4 is 10.5 Å². The Morgan fingerprint density at radius 2 is 2.06 bits per heavy atom. The van der Waals surface area contributed by atoms with Crippen molar-refractivity contribution >= 4 is 29.6 Å². The van der Waals surface area contributed by atoms with Crippen LogP contribution in [0, 0.1) is 11.7 Å². The highest BCUT2D eigenvalue weighted by atomic mass is 32.1. The maximum Gasteiger partial charge on any atom is 0.323 e. The summed E-state index contributed by atoms with van der Waals surface area (Å²) in [5, 5.41) is 0. The average molecular weight is 498 g/mol. The molecule has 10 heteroatoms. The van der Waals surface area contributed by atoms with Gasteiger partial charge in [-0.05, 0) is 61.6 Å². The minimum Gasteiger partial charge on any atom is -0.484 e. The first-order chi connectivity index (χ1) is 16.9. The summed E-state index contributed by atoms with van der Waals surface area (Å²) in [7, 11) is 0. The molecule has 1 saturated carbocycles. The number of pyridine rings is 1. The molecule has 182 valence electrons. The van der Waals surface area contributed by atoms with Gasteiger partial charge >= 0.3 is 5.97 Å². The molecule has 2 N–H and O–H groups in total. The van der Waals surface area contributed by atoms with Crippen LogP contribution in [-0.2, 0) is 9.53 Å². The van der Waals surface area contributed by atoms with Gasteiger partial charge in [0.15, 0.2) is 12.1 Å². The minimum absolute atomic E-state index is 0.0204. The summed E-state index contributed by atoms with van der Waals surface area (Å²) >= 11 is 1.27. The molecule has 0 amide bonds. The second kappa shape index (κ2) is 10.8. The maximum absolute atomic E-state index is 13.8. The number of ether oxygens (including phenoxy) is 2. The van der Waals surface area contributed by atoms with Gasteiger partial charge in [0.05, 0.1) is 28.9 Å². The molecule has 1 aliphatic carbocycles. The number of hydrogen-bond donors (Lipinski definition) is 1. The molecule has 0 bridgehead atoms. The highest BCUT2D eigenvalue weighted by molar-refractivity contribution is 7.06. The lowest BCUT2D eigenvalue weighted by molar-refractivity contribution is -0.139. The van der Waals surface area contributed by atoms with Crippen molar-refractivity contribution in [2.24, 2.45) is 11.7 Å². The van der Waals surface area contributed by atoms with Crippen LogP contribution in [0.2, 0.25) is 0 Å². The van der Waals surface area contributed by atoms with Crippen molar-refractivity contribution in [3.63, 3.8) is 0 Å². The second-order valence-electron chi connectivity index (χ2n) is 8.31. The highest BCUT2D eigenvalue weighted by Crippen LogP contribution is 2.33. The van der Waals surface area contributed by atoms with E-state index in [9.17, 15) is 18.8 Å². The second-order valence-corrected chi connectivity index (χ2v) is 9.15. The molecule has 2 aromatic heterocycles. The van der Waals surface area contributed by atoms with E-state index < -0.39 is 5.82 Å². The monoisotopic (exact) mass is 497 g/mol. The van der Waals surface area contributed by atoms with Crippen LogP contribution in [0.4, 0.5) is 4.39 Å². The van der Waals surface area contributed by atoms with Crippen molar-refractivity contribution in [2.45, 2.75) is 38.3 Å². The van der Waals surface area contributed by atoms with Gasteiger partial charge in [0.2, 0.25) is 0 Å². The van der Waals surface area contributed by atoms with Gasteiger partial charge in [-0.2, -0.15) is 4.37 Å². The first kappa shape index (κ1) is 24.6. The lowest BCUT2D eigenvalue weighted by Crippen LogP contribution is -2.24. The summed E-state index contributed by atoms with van der Waals surface area (Å²) in [5.74, 6) is -0.0341. The number of cyclic esters (lactones) is 1. The van der Waals surface area contributed by atoms with Crippen molar-refractivity contribution in [1.29, 1.82) is 0 Å². The van der Waals surface area contributed by atoms with E-state index in [-0.39, 0.29) is 35.4 Å². The van der Waals surface area contributed by atoms with Gasteiger partial charge in [-0.1, -0.05) is 6.07 Å². The Morgan fingerprint density at radius 3 is 2.60 bits per heavy atom. The van der Waals surface area contributed by atoms with Gasteiger partial charge < -0.3 is 15.2 Å². The van der Waals surface area contributed by atoms with Gasteiger partial charge in [-0.3, -0.25) is 14.4 Å². The largest absolute Gasteiger partial charge is 0.484 e. The molecule has 3 aromatic rings. The smallest absolute Gasteiger partial charge is 0.323 e. The van der Waals surface area contributed by atoms with Gasteiger partial charge in [0.25, 0.3) is 0 Å². The number of halogens is 1. The molecule has 1 unspecified atom stereocenters. The quantitative estimate of drug-likeness (QED) is 0.294. The third-order valence-electron chi connectivity index (χ3n) is 5.58. The summed E-state index contributed by atoms with van der Waals surface area (Å²) in [4.78, 5) is 38.1. The molecule has 1 saturated heterocycles. The maximum atomic E-state index is 13.8. The first-order valence-corrected chi connectivity index (χ1v) is 11.9. The summed E-state index contributed by atoms with van der Waals surface area (Å²) < 4.78 is 28.6. The van der Waals surface area contributed by atoms with E-state index in [0.29, 0.717) is 42.0 Å². The molecule has 2 fully saturated rings. The molecule has 1 aromatic carbocycles. The molecule has 0 spiro atoms. The number of benzene rings is 1. The normalized spacial score (nSPS) is 17.7. The minimum atomic E-state index is -0.571. The van der Waals surface area contributed by atoms with E-state index in [0.717, 1.165) is 17.7 Å². The number of hydrogen-bond acceptors (Lipinski definition) is 9. The Morgan fingerprint density at radius 1 is 1.26 bits per heavy atom. The predicted molar refractivity (Wildman–Crippen MR) is 127 cm³/mol. The molecule has 5 rings (SSSR count). The van der Waals surface area contributed by atoms with Crippen molar-refractivity contribution in [2.75, 3.05) is 6.61 Å². The van der Waals surface area contributed by atoms with Gasteiger partial charge in [0.1, 0.15) is 29.4 Å². The number of ketones is 1.